The zero-order valence-electron chi connectivity index (χ0n) is 9.70. The molecule has 1 heterocycles. The van der Waals surface area contributed by atoms with Gasteiger partial charge >= 0.3 is 0 Å². The lowest BCUT2D eigenvalue weighted by atomic mass is 10.1. The number of rotatable bonds is 2. The third-order valence-corrected chi connectivity index (χ3v) is 3.15. The maximum absolute atomic E-state index is 4.62. The predicted octanol–water partition coefficient (Wildman–Crippen LogP) is 2.45. The minimum Gasteiger partial charge on any atom is -0.253 e. The molecule has 0 spiro atoms. The zero-order chi connectivity index (χ0) is 10.5. The maximum Gasteiger partial charge on any atom is 0.153 e. The van der Waals surface area contributed by atoms with Crippen LogP contribution in [0.2, 0.25) is 0 Å². The molecule has 0 aliphatic heterocycles. The monoisotopic (exact) mass is 193 g/mol. The Morgan fingerprint density at radius 3 is 2.36 bits per heavy atom. The van der Waals surface area contributed by atoms with Crippen LogP contribution in [0.5, 0.6) is 0 Å². The minimum absolute atomic E-state index is 0.428. The van der Waals surface area contributed by atoms with Crippen LogP contribution in [0.25, 0.3) is 0 Å². The molecule has 1 aromatic heterocycles. The lowest BCUT2D eigenvalue weighted by Gasteiger charge is -2.01. The van der Waals surface area contributed by atoms with Gasteiger partial charge in [-0.3, -0.25) is 4.68 Å². The summed E-state index contributed by atoms with van der Waals surface area (Å²) in [4.78, 5) is 4.62. The third kappa shape index (κ3) is 1.45. The van der Waals surface area contributed by atoms with Crippen LogP contribution in [0, 0.1) is 5.41 Å². The molecule has 0 N–H and O–H groups in total. The lowest BCUT2D eigenvalue weighted by Crippen LogP contribution is -2.00. The van der Waals surface area contributed by atoms with Gasteiger partial charge in [-0.15, -0.1) is 0 Å². The number of aryl methyl sites for hydroxylation is 1. The van der Waals surface area contributed by atoms with E-state index in [2.05, 4.69) is 37.8 Å². The molecule has 0 saturated heterocycles. The van der Waals surface area contributed by atoms with E-state index in [0.29, 0.717) is 17.3 Å². The standard InChI is InChI=1S/C11H19N3/c1-7(2)9-12-10(14(5)13-9)8-6-11(8,3)4/h7-8H,6H2,1-5H3/t8-/m0/s1. The Labute approximate surface area is 85.5 Å². The van der Waals surface area contributed by atoms with Crippen molar-refractivity contribution in [3.05, 3.63) is 11.6 Å². The van der Waals surface area contributed by atoms with Crippen molar-refractivity contribution in [2.24, 2.45) is 12.5 Å². The second kappa shape index (κ2) is 2.81. The van der Waals surface area contributed by atoms with Gasteiger partial charge in [0.05, 0.1) is 0 Å². The summed E-state index contributed by atoms with van der Waals surface area (Å²) in [6.07, 6.45) is 1.25. The van der Waals surface area contributed by atoms with E-state index in [9.17, 15) is 0 Å². The molecule has 78 valence electrons. The number of hydrogen-bond donors (Lipinski definition) is 0. The summed E-state index contributed by atoms with van der Waals surface area (Å²) < 4.78 is 1.95. The van der Waals surface area contributed by atoms with E-state index in [1.165, 1.54) is 12.2 Å². The quantitative estimate of drug-likeness (QED) is 0.722. The molecular weight excluding hydrogens is 174 g/mol. The summed E-state index contributed by atoms with van der Waals surface area (Å²) >= 11 is 0. The van der Waals surface area contributed by atoms with E-state index in [1.54, 1.807) is 0 Å². The first kappa shape index (κ1) is 9.69. The molecule has 0 aromatic carbocycles. The van der Waals surface area contributed by atoms with Gasteiger partial charge in [-0.05, 0) is 11.8 Å². The van der Waals surface area contributed by atoms with Gasteiger partial charge in [-0.1, -0.05) is 27.7 Å². The highest BCUT2D eigenvalue weighted by Crippen LogP contribution is 2.57. The summed E-state index contributed by atoms with van der Waals surface area (Å²) in [5.74, 6) is 3.19. The molecule has 1 atom stereocenters. The predicted molar refractivity (Wildman–Crippen MR) is 56.2 cm³/mol. The smallest absolute Gasteiger partial charge is 0.153 e. The van der Waals surface area contributed by atoms with E-state index in [1.807, 2.05) is 11.7 Å². The Bertz CT molecular complexity index is 349. The van der Waals surface area contributed by atoms with Gasteiger partial charge in [0, 0.05) is 18.9 Å². The first-order valence-corrected chi connectivity index (χ1v) is 5.32. The second-order valence-corrected chi connectivity index (χ2v) is 5.35. The topological polar surface area (TPSA) is 30.7 Å². The summed E-state index contributed by atoms with van der Waals surface area (Å²) in [7, 11) is 2.00. The fourth-order valence-corrected chi connectivity index (χ4v) is 1.87. The van der Waals surface area contributed by atoms with Gasteiger partial charge in [0.1, 0.15) is 5.82 Å². The van der Waals surface area contributed by atoms with Crippen LogP contribution in [0.1, 0.15) is 57.6 Å². The molecular formula is C11H19N3. The molecule has 3 heteroatoms. The number of aromatic nitrogens is 3. The Morgan fingerprint density at radius 1 is 1.43 bits per heavy atom. The van der Waals surface area contributed by atoms with E-state index in [-0.39, 0.29) is 0 Å². The van der Waals surface area contributed by atoms with Crippen molar-refractivity contribution in [3.63, 3.8) is 0 Å². The van der Waals surface area contributed by atoms with Crippen molar-refractivity contribution in [1.82, 2.24) is 14.8 Å². The summed E-state index contributed by atoms with van der Waals surface area (Å²) in [5.41, 5.74) is 0.440. The molecule has 0 radical (unpaired) electrons. The lowest BCUT2D eigenvalue weighted by molar-refractivity contribution is 0.585. The zero-order valence-corrected chi connectivity index (χ0v) is 9.70. The highest BCUT2D eigenvalue weighted by Gasteiger charge is 2.49. The molecule has 1 aliphatic rings. The van der Waals surface area contributed by atoms with Crippen molar-refractivity contribution >= 4 is 0 Å². The largest absolute Gasteiger partial charge is 0.253 e. The molecule has 3 nitrogen and oxygen atoms in total. The van der Waals surface area contributed by atoms with Crippen LogP contribution >= 0.6 is 0 Å². The number of nitrogens with zero attached hydrogens (tertiary/aromatic N) is 3. The van der Waals surface area contributed by atoms with Crippen LogP contribution in [0.3, 0.4) is 0 Å². The Hall–Kier alpha value is -0.860. The average molecular weight is 193 g/mol. The first-order chi connectivity index (χ1) is 6.42. The third-order valence-electron chi connectivity index (χ3n) is 3.15. The highest BCUT2D eigenvalue weighted by atomic mass is 15.3. The van der Waals surface area contributed by atoms with Crippen LogP contribution in [0.15, 0.2) is 0 Å². The summed E-state index contributed by atoms with van der Waals surface area (Å²) in [5, 5.41) is 4.44. The Balaban J connectivity index is 2.27. The summed E-state index contributed by atoms with van der Waals surface area (Å²) in [6, 6.07) is 0. The van der Waals surface area contributed by atoms with Crippen molar-refractivity contribution in [1.29, 1.82) is 0 Å². The van der Waals surface area contributed by atoms with Crippen molar-refractivity contribution < 1.29 is 0 Å². The highest BCUT2D eigenvalue weighted by molar-refractivity contribution is 5.16. The van der Waals surface area contributed by atoms with Gasteiger partial charge in [0.2, 0.25) is 0 Å². The van der Waals surface area contributed by atoms with Crippen molar-refractivity contribution in [2.45, 2.75) is 46.0 Å². The van der Waals surface area contributed by atoms with Crippen LogP contribution < -0.4 is 0 Å². The van der Waals surface area contributed by atoms with E-state index in [0.717, 1.165) is 5.82 Å². The van der Waals surface area contributed by atoms with E-state index < -0.39 is 0 Å². The normalized spacial score (nSPS) is 24.3. The molecule has 2 rings (SSSR count). The molecule has 1 aliphatic carbocycles. The molecule has 0 bridgehead atoms. The molecule has 1 aromatic rings. The van der Waals surface area contributed by atoms with Gasteiger partial charge in [0.25, 0.3) is 0 Å². The van der Waals surface area contributed by atoms with Gasteiger partial charge in [-0.25, -0.2) is 4.98 Å². The van der Waals surface area contributed by atoms with E-state index >= 15 is 0 Å². The Kier molecular flexibility index (Phi) is 1.95. The molecule has 0 amide bonds. The van der Waals surface area contributed by atoms with Gasteiger partial charge < -0.3 is 0 Å². The molecule has 14 heavy (non-hydrogen) atoms. The maximum atomic E-state index is 4.62. The molecule has 1 saturated carbocycles. The minimum atomic E-state index is 0.428. The van der Waals surface area contributed by atoms with Gasteiger partial charge in [0.15, 0.2) is 5.82 Å². The number of hydrogen-bond acceptors (Lipinski definition) is 2. The molecule has 0 unspecified atom stereocenters. The van der Waals surface area contributed by atoms with Gasteiger partial charge in [-0.2, -0.15) is 5.10 Å². The summed E-state index contributed by atoms with van der Waals surface area (Å²) in [6.45, 7) is 8.86. The fourth-order valence-electron chi connectivity index (χ4n) is 1.87. The second-order valence-electron chi connectivity index (χ2n) is 5.35. The van der Waals surface area contributed by atoms with Crippen LogP contribution in [-0.2, 0) is 7.05 Å². The first-order valence-electron chi connectivity index (χ1n) is 5.32. The van der Waals surface area contributed by atoms with Crippen LogP contribution in [0.4, 0.5) is 0 Å². The van der Waals surface area contributed by atoms with E-state index in [4.69, 9.17) is 0 Å². The Morgan fingerprint density at radius 2 is 2.00 bits per heavy atom. The van der Waals surface area contributed by atoms with Crippen molar-refractivity contribution in [3.8, 4) is 0 Å². The average Bonchev–Trinajstić information content (AvgIpc) is 2.53. The molecule has 1 fully saturated rings. The van der Waals surface area contributed by atoms with Crippen LogP contribution in [-0.4, -0.2) is 14.8 Å². The fraction of sp³-hybridized carbons (Fsp3) is 0.818. The SMILES string of the molecule is CC(C)c1nc([C@@H]2CC2(C)C)n(C)n1. The van der Waals surface area contributed by atoms with Crippen molar-refractivity contribution in [2.75, 3.05) is 0 Å².